The molecule has 0 amide bonds. The van der Waals surface area contributed by atoms with Gasteiger partial charge >= 0.3 is 0 Å². The van der Waals surface area contributed by atoms with Crippen LogP contribution in [0.15, 0.2) is 59.4 Å². The second kappa shape index (κ2) is 9.28. The maximum atomic E-state index is 13.2. The van der Waals surface area contributed by atoms with Crippen molar-refractivity contribution in [2.75, 3.05) is 12.0 Å². The minimum atomic E-state index is -1.56. The van der Waals surface area contributed by atoms with Crippen LogP contribution in [0.3, 0.4) is 0 Å². The summed E-state index contributed by atoms with van der Waals surface area (Å²) in [5.74, 6) is 0.312. The minimum absolute atomic E-state index is 0.106. The lowest BCUT2D eigenvalue weighted by Gasteiger charge is -2.40. The lowest BCUT2D eigenvalue weighted by Crippen LogP contribution is -2.63. The lowest BCUT2D eigenvalue weighted by molar-refractivity contribution is -0.232. The first-order chi connectivity index (χ1) is 15.4. The second-order valence-corrected chi connectivity index (χ2v) is 7.70. The van der Waals surface area contributed by atoms with Gasteiger partial charge in [0.05, 0.1) is 17.5 Å². The van der Waals surface area contributed by atoms with E-state index in [2.05, 4.69) is 15.7 Å². The lowest BCUT2D eigenvalue weighted by atomic mass is 9.98. The summed E-state index contributed by atoms with van der Waals surface area (Å²) in [5.41, 5.74) is 3.55. The predicted molar refractivity (Wildman–Crippen MR) is 120 cm³/mol. The smallest absolute Gasteiger partial charge is 0.280 e. The van der Waals surface area contributed by atoms with E-state index in [-0.39, 0.29) is 5.11 Å². The van der Waals surface area contributed by atoms with Crippen LogP contribution < -0.4 is 16.3 Å². The van der Waals surface area contributed by atoms with E-state index in [4.69, 9.17) is 17.0 Å². The molecule has 0 saturated carbocycles. The van der Waals surface area contributed by atoms with E-state index in [0.717, 1.165) is 0 Å². The molecule has 1 aromatic heterocycles. The minimum Gasteiger partial charge on any atom is -0.394 e. The topological polar surface area (TPSA) is 149 Å². The van der Waals surface area contributed by atoms with Crippen LogP contribution in [0.5, 0.6) is 0 Å². The van der Waals surface area contributed by atoms with Crippen molar-refractivity contribution in [1.29, 1.82) is 0 Å². The first-order valence-electron chi connectivity index (χ1n) is 9.86. The molecule has 1 fully saturated rings. The van der Waals surface area contributed by atoms with Crippen molar-refractivity contribution >= 4 is 28.2 Å². The molecule has 168 valence electrons. The van der Waals surface area contributed by atoms with Crippen LogP contribution in [0.25, 0.3) is 22.3 Å². The number of aromatic nitrogens is 2. The Bertz CT molecular complexity index is 1170. The van der Waals surface area contributed by atoms with Gasteiger partial charge in [0, 0.05) is 5.56 Å². The van der Waals surface area contributed by atoms with E-state index in [1.54, 1.807) is 36.4 Å². The third kappa shape index (κ3) is 4.21. The molecule has 1 saturated heterocycles. The molecule has 3 aromatic rings. The molecular formula is C21H22N4O6S. The Hall–Kier alpha value is -2.93. The Kier molecular flexibility index (Phi) is 6.46. The average Bonchev–Trinajstić information content (AvgIpc) is 2.81. The Morgan fingerprint density at radius 1 is 1.03 bits per heavy atom. The van der Waals surface area contributed by atoms with Gasteiger partial charge in [-0.05, 0) is 24.4 Å². The monoisotopic (exact) mass is 458 g/mol. The van der Waals surface area contributed by atoms with E-state index in [9.17, 15) is 25.2 Å². The summed E-state index contributed by atoms with van der Waals surface area (Å²) in [6, 6.07) is 15.9. The van der Waals surface area contributed by atoms with Crippen molar-refractivity contribution in [1.82, 2.24) is 15.0 Å². The van der Waals surface area contributed by atoms with Gasteiger partial charge in [-0.1, -0.05) is 42.5 Å². The first-order valence-corrected chi connectivity index (χ1v) is 10.3. The number of nitrogens with zero attached hydrogens (tertiary/aromatic N) is 2. The number of nitrogens with one attached hydrogen (secondary N) is 2. The van der Waals surface area contributed by atoms with E-state index in [0.29, 0.717) is 22.3 Å². The van der Waals surface area contributed by atoms with Gasteiger partial charge < -0.3 is 30.5 Å². The van der Waals surface area contributed by atoms with Gasteiger partial charge in [0.2, 0.25) is 0 Å². The molecule has 2 heterocycles. The van der Waals surface area contributed by atoms with Gasteiger partial charge in [-0.25, -0.2) is 4.98 Å². The third-order valence-corrected chi connectivity index (χ3v) is 5.40. The molecular weight excluding hydrogens is 436 g/mol. The zero-order chi connectivity index (χ0) is 22.8. The average molecular weight is 458 g/mol. The van der Waals surface area contributed by atoms with Gasteiger partial charge in [0.15, 0.2) is 17.2 Å². The Labute approximate surface area is 187 Å². The molecule has 10 nitrogen and oxygen atoms in total. The fourth-order valence-corrected chi connectivity index (χ4v) is 3.71. The van der Waals surface area contributed by atoms with Crippen LogP contribution in [0, 0.1) is 0 Å². The number of aliphatic hydroxyl groups excluding tert-OH is 4. The number of rotatable bonds is 4. The van der Waals surface area contributed by atoms with Gasteiger partial charge in [0.1, 0.15) is 24.4 Å². The standard InChI is InChI=1S/C21H22N4O6S/c26-10-14-15(27)16(28)17(29)19(31-14)23-21(32)24-25-18(11-6-2-1-3-7-11)22-13-9-5-4-8-12(13)20(25)30/h1-9,14-17,19,26-29H,10H2,(H2,23,24,32)/t14-,15+,16+,17-,19-/m1/s1. The zero-order valence-electron chi connectivity index (χ0n) is 16.7. The highest BCUT2D eigenvalue weighted by Gasteiger charge is 2.43. The highest BCUT2D eigenvalue weighted by molar-refractivity contribution is 7.80. The van der Waals surface area contributed by atoms with Crippen LogP contribution in [-0.2, 0) is 4.74 Å². The van der Waals surface area contributed by atoms with Crippen molar-refractivity contribution < 1.29 is 25.2 Å². The molecule has 1 aliphatic heterocycles. The van der Waals surface area contributed by atoms with Crippen molar-refractivity contribution in [3.8, 4) is 11.4 Å². The summed E-state index contributed by atoms with van der Waals surface area (Å²) in [6.07, 6.45) is -6.93. The highest BCUT2D eigenvalue weighted by atomic mass is 32.1. The van der Waals surface area contributed by atoms with Gasteiger partial charge in [0.25, 0.3) is 5.56 Å². The number of fused-ring (bicyclic) bond motifs is 1. The molecule has 6 N–H and O–H groups in total. The quantitative estimate of drug-likeness (QED) is 0.277. The number of aliphatic hydroxyl groups is 4. The summed E-state index contributed by atoms with van der Waals surface area (Å²) in [7, 11) is 0. The molecule has 11 heteroatoms. The fraction of sp³-hybridized carbons (Fsp3) is 0.286. The Morgan fingerprint density at radius 3 is 2.44 bits per heavy atom. The number of benzene rings is 2. The fourth-order valence-electron chi connectivity index (χ4n) is 3.50. The number of thiocarbonyl (C=S) groups is 1. The van der Waals surface area contributed by atoms with E-state index in [1.807, 2.05) is 18.2 Å². The molecule has 0 aliphatic carbocycles. The molecule has 2 aromatic carbocycles. The van der Waals surface area contributed by atoms with Crippen LogP contribution in [0.1, 0.15) is 0 Å². The molecule has 32 heavy (non-hydrogen) atoms. The van der Waals surface area contributed by atoms with E-state index >= 15 is 0 Å². The summed E-state index contributed by atoms with van der Waals surface area (Å²) < 4.78 is 6.58. The number of ether oxygens (including phenoxy) is 1. The normalized spacial score (nSPS) is 25.4. The zero-order valence-corrected chi connectivity index (χ0v) is 17.5. The highest BCUT2D eigenvalue weighted by Crippen LogP contribution is 2.20. The summed E-state index contributed by atoms with van der Waals surface area (Å²) in [5, 5.41) is 42.4. The Morgan fingerprint density at radius 2 is 1.72 bits per heavy atom. The second-order valence-electron chi connectivity index (χ2n) is 7.29. The van der Waals surface area contributed by atoms with Crippen molar-refractivity contribution in [2.24, 2.45) is 0 Å². The van der Waals surface area contributed by atoms with Crippen molar-refractivity contribution in [3.05, 3.63) is 65.0 Å². The van der Waals surface area contributed by atoms with Gasteiger partial charge in [-0.15, -0.1) is 0 Å². The number of para-hydroxylation sites is 1. The van der Waals surface area contributed by atoms with Crippen LogP contribution in [0.4, 0.5) is 0 Å². The molecule has 0 spiro atoms. The largest absolute Gasteiger partial charge is 0.394 e. The number of hydrogen-bond donors (Lipinski definition) is 6. The summed E-state index contributed by atoms with van der Waals surface area (Å²) in [4.78, 5) is 17.8. The van der Waals surface area contributed by atoms with E-state index in [1.165, 1.54) is 4.68 Å². The van der Waals surface area contributed by atoms with Gasteiger partial charge in [-0.2, -0.15) is 4.68 Å². The Balaban J connectivity index is 1.66. The molecule has 1 aliphatic rings. The van der Waals surface area contributed by atoms with Crippen LogP contribution in [0.2, 0.25) is 0 Å². The molecule has 4 rings (SSSR count). The van der Waals surface area contributed by atoms with Crippen LogP contribution in [-0.4, -0.2) is 72.4 Å². The molecule has 0 bridgehead atoms. The predicted octanol–water partition coefficient (Wildman–Crippen LogP) is -0.719. The third-order valence-electron chi connectivity index (χ3n) is 5.19. The molecule has 0 unspecified atom stereocenters. The van der Waals surface area contributed by atoms with E-state index < -0.39 is 42.8 Å². The molecule has 5 atom stereocenters. The van der Waals surface area contributed by atoms with Gasteiger partial charge in [-0.3, -0.25) is 10.2 Å². The number of hydrogen-bond acceptors (Lipinski definition) is 8. The maximum absolute atomic E-state index is 13.2. The van der Waals surface area contributed by atoms with Crippen molar-refractivity contribution in [2.45, 2.75) is 30.6 Å². The van der Waals surface area contributed by atoms with Crippen molar-refractivity contribution in [3.63, 3.8) is 0 Å². The summed E-state index contributed by atoms with van der Waals surface area (Å²) >= 11 is 5.30. The maximum Gasteiger partial charge on any atom is 0.280 e. The molecule has 0 radical (unpaired) electrons. The van der Waals surface area contributed by atoms with Crippen LogP contribution >= 0.6 is 12.2 Å². The SMILES string of the molecule is O=c1c2ccccc2nc(-c2ccccc2)n1NC(=S)N[C@@H]1O[C@H](CO)[C@H](O)[C@H](O)[C@H]1O. The summed E-state index contributed by atoms with van der Waals surface area (Å²) in [6.45, 7) is -0.574. The first kappa shape index (κ1) is 22.3.